The van der Waals surface area contributed by atoms with Gasteiger partial charge >= 0.3 is 5.69 Å². The van der Waals surface area contributed by atoms with E-state index in [-0.39, 0.29) is 12.2 Å². The van der Waals surface area contributed by atoms with Gasteiger partial charge in [0.25, 0.3) is 0 Å². The van der Waals surface area contributed by atoms with E-state index in [1.54, 1.807) is 17.9 Å². The molecule has 3 rings (SSSR count). The lowest BCUT2D eigenvalue weighted by Crippen LogP contribution is -2.06. The second-order valence-electron chi connectivity index (χ2n) is 4.09. The van der Waals surface area contributed by atoms with Crippen molar-refractivity contribution in [3.63, 3.8) is 0 Å². The van der Waals surface area contributed by atoms with Crippen molar-refractivity contribution in [2.45, 2.75) is 6.54 Å². The van der Waals surface area contributed by atoms with Crippen molar-refractivity contribution in [2.24, 2.45) is 7.05 Å². The van der Waals surface area contributed by atoms with E-state index in [9.17, 15) is 10.1 Å². The van der Waals surface area contributed by atoms with Crippen LogP contribution in [0.2, 0.25) is 5.15 Å². The molecule has 0 aliphatic carbocycles. The van der Waals surface area contributed by atoms with Crippen LogP contribution in [0.4, 0.5) is 5.69 Å². The standard InChI is InChI=1S/C10H8ClN7O2/c1-16-10-7(3-12-16)9(11)14-8(15-10)5-17-4-6(2-13-17)18(19)20/h2-4H,5H2,1H3. The molecule has 0 radical (unpaired) electrons. The monoisotopic (exact) mass is 293 g/mol. The molecule has 3 aromatic rings. The zero-order valence-electron chi connectivity index (χ0n) is 10.3. The number of hydrogen-bond acceptors (Lipinski definition) is 6. The third-order valence-electron chi connectivity index (χ3n) is 2.73. The summed E-state index contributed by atoms with van der Waals surface area (Å²) < 4.78 is 2.96. The maximum Gasteiger partial charge on any atom is 0.307 e. The lowest BCUT2D eigenvalue weighted by atomic mass is 10.4. The molecule has 20 heavy (non-hydrogen) atoms. The normalized spacial score (nSPS) is 11.1. The first-order valence-corrected chi connectivity index (χ1v) is 5.93. The van der Waals surface area contributed by atoms with Crippen LogP contribution in [0.5, 0.6) is 0 Å². The average Bonchev–Trinajstić information content (AvgIpc) is 2.98. The minimum Gasteiger partial charge on any atom is -0.258 e. The first-order chi connectivity index (χ1) is 9.54. The fourth-order valence-electron chi connectivity index (χ4n) is 1.78. The highest BCUT2D eigenvalue weighted by atomic mass is 35.5. The average molecular weight is 294 g/mol. The van der Waals surface area contributed by atoms with Gasteiger partial charge in [0, 0.05) is 7.05 Å². The molecule has 0 fully saturated rings. The molecule has 10 heteroatoms. The molecule has 9 nitrogen and oxygen atoms in total. The van der Waals surface area contributed by atoms with Gasteiger partial charge in [0.2, 0.25) is 0 Å². The number of rotatable bonds is 3. The van der Waals surface area contributed by atoms with Crippen molar-refractivity contribution < 1.29 is 4.92 Å². The van der Waals surface area contributed by atoms with Crippen LogP contribution in [0.15, 0.2) is 18.6 Å². The number of nitro groups is 1. The molecule has 0 bridgehead atoms. The van der Waals surface area contributed by atoms with E-state index in [1.807, 2.05) is 0 Å². The second-order valence-corrected chi connectivity index (χ2v) is 4.45. The Morgan fingerprint density at radius 1 is 1.35 bits per heavy atom. The van der Waals surface area contributed by atoms with Crippen molar-refractivity contribution in [1.29, 1.82) is 0 Å². The molecule has 0 N–H and O–H groups in total. The summed E-state index contributed by atoms with van der Waals surface area (Å²) in [5, 5.41) is 19.5. The van der Waals surface area contributed by atoms with Crippen LogP contribution in [0.3, 0.4) is 0 Å². The van der Waals surface area contributed by atoms with Gasteiger partial charge in [-0.1, -0.05) is 11.6 Å². The van der Waals surface area contributed by atoms with Crippen molar-refractivity contribution in [2.75, 3.05) is 0 Å². The van der Waals surface area contributed by atoms with Gasteiger partial charge in [-0.25, -0.2) is 9.97 Å². The summed E-state index contributed by atoms with van der Waals surface area (Å²) in [6.45, 7) is 0.189. The van der Waals surface area contributed by atoms with Crippen LogP contribution in [0, 0.1) is 10.1 Å². The summed E-state index contributed by atoms with van der Waals surface area (Å²) in [7, 11) is 1.74. The van der Waals surface area contributed by atoms with Gasteiger partial charge in [-0.3, -0.25) is 19.5 Å². The summed E-state index contributed by atoms with van der Waals surface area (Å²) in [5.41, 5.74) is 0.513. The molecule has 3 aromatic heterocycles. The van der Waals surface area contributed by atoms with Gasteiger partial charge in [-0.2, -0.15) is 10.2 Å². The van der Waals surface area contributed by atoms with Gasteiger partial charge in [0.05, 0.1) is 16.5 Å². The molecule has 0 atom stereocenters. The molecular weight excluding hydrogens is 286 g/mol. The Bertz CT molecular complexity index is 809. The minimum atomic E-state index is -0.512. The molecule has 0 aliphatic rings. The Balaban J connectivity index is 1.97. The SMILES string of the molecule is Cn1ncc2c(Cl)nc(Cn3cc([N+](=O)[O-])cn3)nc21. The Labute approximate surface area is 117 Å². The molecule has 0 amide bonds. The number of halogens is 1. The number of aromatic nitrogens is 6. The van der Waals surface area contributed by atoms with Crippen LogP contribution in [0.1, 0.15) is 5.82 Å². The number of aryl methyl sites for hydroxylation is 1. The first kappa shape index (κ1) is 12.5. The molecule has 0 unspecified atom stereocenters. The van der Waals surface area contributed by atoms with Gasteiger partial charge in [0.15, 0.2) is 11.5 Å². The first-order valence-electron chi connectivity index (χ1n) is 5.55. The highest BCUT2D eigenvalue weighted by molar-refractivity contribution is 6.33. The maximum absolute atomic E-state index is 10.6. The van der Waals surface area contributed by atoms with Crippen LogP contribution in [-0.4, -0.2) is 34.5 Å². The molecule has 3 heterocycles. The molecule has 0 saturated carbocycles. The third-order valence-corrected chi connectivity index (χ3v) is 3.01. The Hall–Kier alpha value is -2.55. The lowest BCUT2D eigenvalue weighted by Gasteiger charge is -2.02. The van der Waals surface area contributed by atoms with Crippen molar-refractivity contribution >= 4 is 28.3 Å². The fraction of sp³-hybridized carbons (Fsp3) is 0.200. The van der Waals surface area contributed by atoms with Crippen molar-refractivity contribution in [3.05, 3.63) is 39.7 Å². The van der Waals surface area contributed by atoms with E-state index in [2.05, 4.69) is 20.2 Å². The van der Waals surface area contributed by atoms with Crippen LogP contribution in [0.25, 0.3) is 11.0 Å². The number of fused-ring (bicyclic) bond motifs is 1. The maximum atomic E-state index is 10.6. The summed E-state index contributed by atoms with van der Waals surface area (Å²) in [5.74, 6) is 0.407. The highest BCUT2D eigenvalue weighted by Gasteiger charge is 2.13. The minimum absolute atomic E-state index is 0.0855. The third kappa shape index (κ3) is 2.07. The van der Waals surface area contributed by atoms with E-state index in [0.29, 0.717) is 22.0 Å². The molecule has 0 spiro atoms. The smallest absolute Gasteiger partial charge is 0.258 e. The van der Waals surface area contributed by atoms with Gasteiger partial charge in [-0.05, 0) is 0 Å². The predicted octanol–water partition coefficient (Wildman–Crippen LogP) is 1.17. The largest absolute Gasteiger partial charge is 0.307 e. The van der Waals surface area contributed by atoms with Crippen molar-refractivity contribution in [3.8, 4) is 0 Å². The topological polar surface area (TPSA) is 105 Å². The van der Waals surface area contributed by atoms with Gasteiger partial charge in [0.1, 0.15) is 24.1 Å². The highest BCUT2D eigenvalue weighted by Crippen LogP contribution is 2.19. The summed E-state index contributed by atoms with van der Waals surface area (Å²) >= 11 is 6.06. The number of nitrogens with zero attached hydrogens (tertiary/aromatic N) is 7. The fourth-order valence-corrected chi connectivity index (χ4v) is 2.01. The number of hydrogen-bond donors (Lipinski definition) is 0. The van der Waals surface area contributed by atoms with Gasteiger partial charge < -0.3 is 0 Å². The second kappa shape index (κ2) is 4.53. The Kier molecular flexibility index (Phi) is 2.83. The Morgan fingerprint density at radius 3 is 2.85 bits per heavy atom. The quantitative estimate of drug-likeness (QED) is 0.408. The van der Waals surface area contributed by atoms with E-state index in [0.717, 1.165) is 0 Å². The molecule has 0 saturated heterocycles. The summed E-state index contributed by atoms with van der Waals surface area (Å²) in [6.07, 6.45) is 4.06. The summed E-state index contributed by atoms with van der Waals surface area (Å²) in [6, 6.07) is 0. The summed E-state index contributed by atoms with van der Waals surface area (Å²) in [4.78, 5) is 18.5. The van der Waals surface area contributed by atoms with E-state index < -0.39 is 4.92 Å². The van der Waals surface area contributed by atoms with E-state index in [1.165, 1.54) is 17.1 Å². The van der Waals surface area contributed by atoms with Crippen molar-refractivity contribution in [1.82, 2.24) is 29.5 Å². The van der Waals surface area contributed by atoms with E-state index >= 15 is 0 Å². The lowest BCUT2D eigenvalue weighted by molar-refractivity contribution is -0.385. The molecule has 0 aliphatic heterocycles. The van der Waals surface area contributed by atoms with Gasteiger partial charge in [-0.15, -0.1) is 0 Å². The van der Waals surface area contributed by atoms with Crippen LogP contribution >= 0.6 is 11.6 Å². The zero-order chi connectivity index (χ0) is 14.3. The van der Waals surface area contributed by atoms with Crippen LogP contribution in [-0.2, 0) is 13.6 Å². The van der Waals surface area contributed by atoms with E-state index in [4.69, 9.17) is 11.6 Å². The molecule has 0 aromatic carbocycles. The van der Waals surface area contributed by atoms with Crippen LogP contribution < -0.4 is 0 Å². The predicted molar refractivity (Wildman–Crippen MR) is 69.3 cm³/mol. The zero-order valence-corrected chi connectivity index (χ0v) is 11.0. The molecule has 102 valence electrons. The Morgan fingerprint density at radius 2 is 2.15 bits per heavy atom. The molecular formula is C10H8ClN7O2.